The number of aromatic nitrogens is 2. The van der Waals surface area contributed by atoms with Crippen molar-refractivity contribution in [2.45, 2.75) is 31.7 Å². The zero-order valence-electron chi connectivity index (χ0n) is 13.6. The van der Waals surface area contributed by atoms with E-state index in [1.54, 1.807) is 18.6 Å². The molecule has 1 atom stereocenters. The van der Waals surface area contributed by atoms with Crippen molar-refractivity contribution in [3.05, 3.63) is 59.7 Å². The van der Waals surface area contributed by atoms with E-state index in [0.29, 0.717) is 0 Å². The molecule has 1 saturated heterocycles. The fourth-order valence-electron chi connectivity index (χ4n) is 2.75. The Labute approximate surface area is 136 Å². The second kappa shape index (κ2) is 5.85. The van der Waals surface area contributed by atoms with Crippen LogP contribution in [-0.4, -0.2) is 33.4 Å². The number of hydrogen-bond donors (Lipinski definition) is 0. The molecule has 1 amide bonds. The molecule has 1 aliphatic rings. The Kier molecular flexibility index (Phi) is 3.87. The van der Waals surface area contributed by atoms with Crippen molar-refractivity contribution < 1.29 is 4.79 Å². The van der Waals surface area contributed by atoms with Crippen LogP contribution in [-0.2, 0) is 4.79 Å². The van der Waals surface area contributed by atoms with Gasteiger partial charge in [0.25, 0.3) is 0 Å². The quantitative estimate of drug-likeness (QED) is 0.761. The molecule has 3 rings (SSSR count). The van der Waals surface area contributed by atoms with Crippen LogP contribution in [0.15, 0.2) is 42.9 Å². The summed E-state index contributed by atoms with van der Waals surface area (Å²) in [5, 5.41) is 0. The van der Waals surface area contributed by atoms with Crippen molar-refractivity contribution in [3.8, 4) is 11.8 Å². The molecule has 4 nitrogen and oxygen atoms in total. The Morgan fingerprint density at radius 3 is 2.43 bits per heavy atom. The molecule has 4 heteroatoms. The van der Waals surface area contributed by atoms with Crippen LogP contribution in [0.1, 0.15) is 43.0 Å². The SMILES string of the molecule is CN1C(=O)[C@H](c2ccc(C#Cc3cccnc3)cn2)CC1(C)C. The van der Waals surface area contributed by atoms with Gasteiger partial charge in [-0.3, -0.25) is 14.8 Å². The number of pyridine rings is 2. The molecule has 0 unspecified atom stereocenters. The third kappa shape index (κ3) is 3.09. The first kappa shape index (κ1) is 15.2. The summed E-state index contributed by atoms with van der Waals surface area (Å²) in [6.07, 6.45) is 5.97. The predicted octanol–water partition coefficient (Wildman–Crippen LogP) is 2.60. The van der Waals surface area contributed by atoms with E-state index in [4.69, 9.17) is 0 Å². The number of rotatable bonds is 1. The maximum atomic E-state index is 12.4. The zero-order valence-corrected chi connectivity index (χ0v) is 13.6. The second-order valence-electron chi connectivity index (χ2n) is 6.43. The molecular formula is C19H19N3O. The van der Waals surface area contributed by atoms with E-state index < -0.39 is 0 Å². The minimum atomic E-state index is -0.157. The van der Waals surface area contributed by atoms with Crippen LogP contribution in [0.25, 0.3) is 0 Å². The highest BCUT2D eigenvalue weighted by molar-refractivity contribution is 5.86. The lowest BCUT2D eigenvalue weighted by Crippen LogP contribution is -2.37. The number of carbonyl (C=O) groups is 1. The fourth-order valence-corrected chi connectivity index (χ4v) is 2.75. The first-order valence-corrected chi connectivity index (χ1v) is 7.63. The van der Waals surface area contributed by atoms with Crippen LogP contribution in [0.5, 0.6) is 0 Å². The zero-order chi connectivity index (χ0) is 16.4. The summed E-state index contributed by atoms with van der Waals surface area (Å²) in [5.74, 6) is 6.10. The van der Waals surface area contributed by atoms with E-state index in [1.807, 2.05) is 36.2 Å². The highest BCUT2D eigenvalue weighted by Crippen LogP contribution is 2.37. The van der Waals surface area contributed by atoms with E-state index in [-0.39, 0.29) is 17.4 Å². The molecule has 0 aliphatic carbocycles. The van der Waals surface area contributed by atoms with E-state index in [2.05, 4.69) is 35.7 Å². The average Bonchev–Trinajstić information content (AvgIpc) is 2.78. The number of hydrogen-bond acceptors (Lipinski definition) is 3. The van der Waals surface area contributed by atoms with Crippen LogP contribution < -0.4 is 0 Å². The van der Waals surface area contributed by atoms with Crippen molar-refractivity contribution in [2.24, 2.45) is 0 Å². The lowest BCUT2D eigenvalue weighted by atomic mass is 9.93. The van der Waals surface area contributed by atoms with Crippen molar-refractivity contribution in [2.75, 3.05) is 7.05 Å². The topological polar surface area (TPSA) is 46.1 Å². The lowest BCUT2D eigenvalue weighted by Gasteiger charge is -2.26. The fraction of sp³-hybridized carbons (Fsp3) is 0.316. The molecule has 3 heterocycles. The Bertz CT molecular complexity index is 770. The van der Waals surface area contributed by atoms with Gasteiger partial charge >= 0.3 is 0 Å². The predicted molar refractivity (Wildman–Crippen MR) is 88.7 cm³/mol. The van der Waals surface area contributed by atoms with Crippen LogP contribution >= 0.6 is 0 Å². The monoisotopic (exact) mass is 305 g/mol. The van der Waals surface area contributed by atoms with E-state index in [0.717, 1.165) is 23.2 Å². The maximum Gasteiger partial charge on any atom is 0.231 e. The van der Waals surface area contributed by atoms with Gasteiger partial charge < -0.3 is 4.90 Å². The average molecular weight is 305 g/mol. The summed E-state index contributed by atoms with van der Waals surface area (Å²) in [6.45, 7) is 4.16. The smallest absolute Gasteiger partial charge is 0.231 e. The third-order valence-corrected chi connectivity index (χ3v) is 4.40. The Hall–Kier alpha value is -2.67. The van der Waals surface area contributed by atoms with Gasteiger partial charge in [-0.25, -0.2) is 0 Å². The Balaban J connectivity index is 1.79. The van der Waals surface area contributed by atoms with Crippen LogP contribution in [0.2, 0.25) is 0 Å². The Morgan fingerprint density at radius 2 is 1.91 bits per heavy atom. The molecule has 0 aromatic carbocycles. The summed E-state index contributed by atoms with van der Waals surface area (Å²) in [6, 6.07) is 7.60. The molecule has 0 bridgehead atoms. The molecule has 2 aromatic rings. The summed E-state index contributed by atoms with van der Waals surface area (Å²) < 4.78 is 0. The molecule has 1 aliphatic heterocycles. The van der Waals surface area contributed by atoms with Crippen LogP contribution in [0, 0.1) is 11.8 Å². The van der Waals surface area contributed by atoms with Gasteiger partial charge in [-0.2, -0.15) is 0 Å². The van der Waals surface area contributed by atoms with Gasteiger partial charge in [0.05, 0.1) is 11.6 Å². The number of likely N-dealkylation sites (tertiary alicyclic amines) is 1. The summed E-state index contributed by atoms with van der Waals surface area (Å²) >= 11 is 0. The van der Waals surface area contributed by atoms with Crippen molar-refractivity contribution in [1.82, 2.24) is 14.9 Å². The van der Waals surface area contributed by atoms with Gasteiger partial charge in [0.1, 0.15) is 0 Å². The number of likely N-dealkylation sites (N-methyl/N-ethyl adjacent to an activating group) is 1. The summed E-state index contributed by atoms with van der Waals surface area (Å²) in [4.78, 5) is 22.7. The molecular weight excluding hydrogens is 286 g/mol. The molecule has 23 heavy (non-hydrogen) atoms. The van der Waals surface area contributed by atoms with Gasteiger partial charge in [-0.1, -0.05) is 11.8 Å². The molecule has 2 aromatic heterocycles. The van der Waals surface area contributed by atoms with Gasteiger partial charge in [0.2, 0.25) is 5.91 Å². The third-order valence-electron chi connectivity index (χ3n) is 4.40. The van der Waals surface area contributed by atoms with Crippen molar-refractivity contribution in [1.29, 1.82) is 0 Å². The molecule has 0 radical (unpaired) electrons. The number of amides is 1. The molecule has 116 valence electrons. The number of nitrogens with zero attached hydrogens (tertiary/aromatic N) is 3. The molecule has 0 N–H and O–H groups in total. The second-order valence-corrected chi connectivity index (χ2v) is 6.43. The highest BCUT2D eigenvalue weighted by atomic mass is 16.2. The number of carbonyl (C=O) groups excluding carboxylic acids is 1. The minimum absolute atomic E-state index is 0.123. The van der Waals surface area contributed by atoms with E-state index in [9.17, 15) is 4.79 Å². The van der Waals surface area contributed by atoms with Crippen LogP contribution in [0.3, 0.4) is 0 Å². The minimum Gasteiger partial charge on any atom is -0.340 e. The summed E-state index contributed by atoms with van der Waals surface area (Å²) in [7, 11) is 1.86. The van der Waals surface area contributed by atoms with E-state index in [1.165, 1.54) is 0 Å². The van der Waals surface area contributed by atoms with Crippen molar-refractivity contribution in [3.63, 3.8) is 0 Å². The van der Waals surface area contributed by atoms with Gasteiger partial charge in [0, 0.05) is 42.3 Å². The Morgan fingerprint density at radius 1 is 1.17 bits per heavy atom. The van der Waals surface area contributed by atoms with Crippen molar-refractivity contribution >= 4 is 5.91 Å². The molecule has 0 spiro atoms. The standard InChI is InChI=1S/C19H19N3O/c1-19(2)11-16(18(23)22(19)3)17-9-8-15(13-21-17)7-6-14-5-4-10-20-12-14/h4-5,8-10,12-13,16H,11H2,1-3H3/t16-/m0/s1. The first-order valence-electron chi connectivity index (χ1n) is 7.63. The largest absolute Gasteiger partial charge is 0.340 e. The highest BCUT2D eigenvalue weighted by Gasteiger charge is 2.43. The lowest BCUT2D eigenvalue weighted by molar-refractivity contribution is -0.130. The van der Waals surface area contributed by atoms with Gasteiger partial charge in [0.15, 0.2) is 0 Å². The molecule has 1 fully saturated rings. The summed E-state index contributed by atoms with van der Waals surface area (Å²) in [5.41, 5.74) is 2.39. The van der Waals surface area contributed by atoms with Crippen LogP contribution in [0.4, 0.5) is 0 Å². The normalized spacial score (nSPS) is 19.3. The maximum absolute atomic E-state index is 12.4. The molecule has 0 saturated carbocycles. The van der Waals surface area contributed by atoms with E-state index >= 15 is 0 Å². The van der Waals surface area contributed by atoms with Gasteiger partial charge in [-0.05, 0) is 44.5 Å². The first-order chi connectivity index (χ1) is 11.0. The van der Waals surface area contributed by atoms with Gasteiger partial charge in [-0.15, -0.1) is 0 Å².